The molecular formula is C13H19N3O3. The molecule has 0 N–H and O–H groups in total. The summed E-state index contributed by atoms with van der Waals surface area (Å²) in [6.45, 7) is 1.83. The van der Waals surface area contributed by atoms with Crippen LogP contribution in [0.1, 0.15) is 32.1 Å². The zero-order valence-electron chi connectivity index (χ0n) is 11.0. The molecule has 2 bridgehead atoms. The first-order valence-electron chi connectivity index (χ1n) is 7.09. The molecule has 0 unspecified atom stereocenters. The van der Waals surface area contributed by atoms with Crippen LogP contribution in [0.5, 0.6) is 0 Å². The smallest absolute Gasteiger partial charge is 0.172 e. The highest BCUT2D eigenvalue weighted by Gasteiger charge is 2.62. The largest absolute Gasteiger partial charge is 0.347 e. The number of fused-ring (bicyclic) bond motifs is 3. The lowest BCUT2D eigenvalue weighted by atomic mass is 9.80. The average molecular weight is 265 g/mol. The van der Waals surface area contributed by atoms with Gasteiger partial charge in [-0.25, -0.2) is 0 Å². The van der Waals surface area contributed by atoms with Gasteiger partial charge in [0.1, 0.15) is 5.78 Å². The second-order valence-corrected chi connectivity index (χ2v) is 5.71. The normalized spacial score (nSPS) is 34.9. The van der Waals surface area contributed by atoms with E-state index in [0.29, 0.717) is 25.5 Å². The monoisotopic (exact) mass is 265 g/mol. The van der Waals surface area contributed by atoms with E-state index in [1.165, 1.54) is 0 Å². The average Bonchev–Trinajstić information content (AvgIpc) is 3.08. The molecule has 1 spiro atoms. The van der Waals surface area contributed by atoms with Crippen molar-refractivity contribution in [3.8, 4) is 0 Å². The Hall–Kier alpha value is -1.10. The van der Waals surface area contributed by atoms with Crippen LogP contribution in [0.15, 0.2) is 5.11 Å². The van der Waals surface area contributed by atoms with Crippen LogP contribution < -0.4 is 0 Å². The lowest BCUT2D eigenvalue weighted by molar-refractivity contribution is -0.202. The minimum Gasteiger partial charge on any atom is -0.347 e. The Morgan fingerprint density at radius 2 is 2.16 bits per heavy atom. The van der Waals surface area contributed by atoms with Crippen molar-refractivity contribution in [1.29, 1.82) is 0 Å². The summed E-state index contributed by atoms with van der Waals surface area (Å²) in [7, 11) is 0. The third kappa shape index (κ3) is 2.14. The maximum Gasteiger partial charge on any atom is 0.172 e. The van der Waals surface area contributed by atoms with Gasteiger partial charge in [0.2, 0.25) is 0 Å². The Morgan fingerprint density at radius 3 is 2.84 bits per heavy atom. The molecule has 3 atom stereocenters. The number of hydrogen-bond acceptors (Lipinski definition) is 4. The van der Waals surface area contributed by atoms with Gasteiger partial charge in [0.25, 0.3) is 0 Å². The number of nitrogens with zero attached hydrogens (tertiary/aromatic N) is 3. The van der Waals surface area contributed by atoms with E-state index in [1.54, 1.807) is 0 Å². The van der Waals surface area contributed by atoms with E-state index in [2.05, 4.69) is 10.0 Å². The Labute approximate surface area is 112 Å². The SMILES string of the molecule is [N-]=[N+]=NCCCC[C@H]1C(=O)[C@H]2C[C@@H]1C1(C2)OCCO1. The van der Waals surface area contributed by atoms with E-state index >= 15 is 0 Å². The van der Waals surface area contributed by atoms with Gasteiger partial charge in [0.15, 0.2) is 5.79 Å². The maximum absolute atomic E-state index is 12.2. The maximum atomic E-state index is 12.2. The first-order chi connectivity index (χ1) is 9.27. The molecule has 0 aromatic rings. The summed E-state index contributed by atoms with van der Waals surface area (Å²) in [5, 5.41) is 3.52. The van der Waals surface area contributed by atoms with Gasteiger partial charge in [0, 0.05) is 35.6 Å². The lowest BCUT2D eigenvalue weighted by Crippen LogP contribution is -2.44. The molecule has 0 aromatic heterocycles. The van der Waals surface area contributed by atoms with Crippen LogP contribution in [0.2, 0.25) is 0 Å². The molecule has 2 aliphatic carbocycles. The van der Waals surface area contributed by atoms with Crippen LogP contribution in [-0.4, -0.2) is 31.3 Å². The number of hydrogen-bond donors (Lipinski definition) is 0. The van der Waals surface area contributed by atoms with E-state index in [-0.39, 0.29) is 17.8 Å². The third-order valence-corrected chi connectivity index (χ3v) is 4.75. The van der Waals surface area contributed by atoms with Gasteiger partial charge in [-0.3, -0.25) is 4.79 Å². The van der Waals surface area contributed by atoms with Gasteiger partial charge >= 0.3 is 0 Å². The standard InChI is InChI=1S/C13H19N3O3/c14-16-15-4-2-1-3-10-11-7-9(12(10)17)8-13(11)18-5-6-19-13/h9-11H,1-8H2/t9-,10+,11-/m0/s1. The minimum absolute atomic E-state index is 0.0860. The number of carbonyl (C=O) groups is 1. The predicted octanol–water partition coefficient (Wildman–Crippen LogP) is 2.44. The van der Waals surface area contributed by atoms with Crippen LogP contribution in [0.4, 0.5) is 0 Å². The van der Waals surface area contributed by atoms with Gasteiger partial charge in [-0.15, -0.1) is 0 Å². The number of Topliss-reactive ketones (excluding diaryl/α,β-unsaturated/α-hetero) is 1. The number of ether oxygens (including phenoxy) is 2. The van der Waals surface area contributed by atoms with Gasteiger partial charge in [-0.05, 0) is 24.8 Å². The minimum atomic E-state index is -0.450. The first-order valence-corrected chi connectivity index (χ1v) is 7.09. The molecule has 0 radical (unpaired) electrons. The Bertz CT molecular complexity index is 413. The highest BCUT2D eigenvalue weighted by molar-refractivity contribution is 5.87. The predicted molar refractivity (Wildman–Crippen MR) is 67.2 cm³/mol. The van der Waals surface area contributed by atoms with Crippen molar-refractivity contribution < 1.29 is 14.3 Å². The van der Waals surface area contributed by atoms with Crippen molar-refractivity contribution in [2.75, 3.05) is 19.8 Å². The molecule has 2 saturated carbocycles. The van der Waals surface area contributed by atoms with Crippen LogP contribution in [0.3, 0.4) is 0 Å². The van der Waals surface area contributed by atoms with E-state index < -0.39 is 5.79 Å². The van der Waals surface area contributed by atoms with Crippen molar-refractivity contribution in [1.82, 2.24) is 0 Å². The first kappa shape index (κ1) is 12.9. The molecule has 6 nitrogen and oxygen atoms in total. The fraction of sp³-hybridized carbons (Fsp3) is 0.923. The van der Waals surface area contributed by atoms with Gasteiger partial charge in [-0.1, -0.05) is 11.5 Å². The van der Waals surface area contributed by atoms with Crippen molar-refractivity contribution >= 4 is 5.78 Å². The number of azide groups is 1. The second-order valence-electron chi connectivity index (χ2n) is 5.71. The number of carbonyl (C=O) groups excluding carboxylic acids is 1. The molecule has 6 heteroatoms. The molecule has 3 rings (SSSR count). The summed E-state index contributed by atoms with van der Waals surface area (Å²) < 4.78 is 11.6. The van der Waals surface area contributed by atoms with Crippen LogP contribution in [-0.2, 0) is 14.3 Å². The Morgan fingerprint density at radius 1 is 1.37 bits per heavy atom. The van der Waals surface area contributed by atoms with Crippen LogP contribution >= 0.6 is 0 Å². The number of ketones is 1. The molecular weight excluding hydrogens is 246 g/mol. The summed E-state index contributed by atoms with van der Waals surface area (Å²) in [6.07, 6.45) is 4.33. The van der Waals surface area contributed by atoms with E-state index in [9.17, 15) is 4.79 Å². The quantitative estimate of drug-likeness (QED) is 0.331. The number of unbranched alkanes of at least 4 members (excludes halogenated alkanes) is 1. The summed E-state index contributed by atoms with van der Waals surface area (Å²) in [5.41, 5.74) is 8.22. The highest BCUT2D eigenvalue weighted by Crippen LogP contribution is 2.56. The van der Waals surface area contributed by atoms with Crippen LogP contribution in [0, 0.1) is 17.8 Å². The third-order valence-electron chi connectivity index (χ3n) is 4.75. The van der Waals surface area contributed by atoms with E-state index in [4.69, 9.17) is 15.0 Å². The van der Waals surface area contributed by atoms with Gasteiger partial charge in [-0.2, -0.15) is 0 Å². The topological polar surface area (TPSA) is 84.3 Å². The lowest BCUT2D eigenvalue weighted by Gasteiger charge is -2.36. The van der Waals surface area contributed by atoms with Crippen molar-refractivity contribution in [3.05, 3.63) is 10.4 Å². The molecule has 3 aliphatic rings. The fourth-order valence-corrected chi connectivity index (χ4v) is 3.99. The molecule has 1 heterocycles. The van der Waals surface area contributed by atoms with Gasteiger partial charge < -0.3 is 9.47 Å². The molecule has 1 aliphatic heterocycles. The highest BCUT2D eigenvalue weighted by atomic mass is 16.7. The van der Waals surface area contributed by atoms with Gasteiger partial charge in [0.05, 0.1) is 13.2 Å². The van der Waals surface area contributed by atoms with E-state index in [0.717, 1.165) is 32.1 Å². The van der Waals surface area contributed by atoms with Crippen molar-refractivity contribution in [2.24, 2.45) is 22.9 Å². The molecule has 19 heavy (non-hydrogen) atoms. The summed E-state index contributed by atoms with van der Waals surface area (Å²) >= 11 is 0. The summed E-state index contributed by atoms with van der Waals surface area (Å²) in [4.78, 5) is 15.0. The zero-order chi connectivity index (χ0) is 13.3. The van der Waals surface area contributed by atoms with Crippen LogP contribution in [0.25, 0.3) is 10.4 Å². The molecule has 3 fully saturated rings. The fourth-order valence-electron chi connectivity index (χ4n) is 3.99. The summed E-state index contributed by atoms with van der Waals surface area (Å²) in [6, 6.07) is 0. The summed E-state index contributed by atoms with van der Waals surface area (Å²) in [5.74, 6) is 0.423. The Balaban J connectivity index is 1.58. The molecule has 0 amide bonds. The molecule has 1 saturated heterocycles. The van der Waals surface area contributed by atoms with E-state index in [1.807, 2.05) is 0 Å². The second kappa shape index (κ2) is 5.12. The Kier molecular flexibility index (Phi) is 3.48. The number of rotatable bonds is 5. The van der Waals surface area contributed by atoms with Crippen molar-refractivity contribution in [3.63, 3.8) is 0 Å². The zero-order valence-corrected chi connectivity index (χ0v) is 11.0. The molecule has 104 valence electrons. The molecule has 0 aromatic carbocycles. The van der Waals surface area contributed by atoms with Crippen molar-refractivity contribution in [2.45, 2.75) is 37.9 Å².